The number of rotatable bonds is 7. The summed E-state index contributed by atoms with van der Waals surface area (Å²) in [6, 6.07) is 5.51. The Morgan fingerprint density at radius 2 is 1.80 bits per heavy atom. The van der Waals surface area contributed by atoms with Gasteiger partial charge in [0.2, 0.25) is 10.0 Å². The molecule has 1 N–H and O–H groups in total. The molecule has 1 unspecified atom stereocenters. The molecule has 1 atom stereocenters. The maximum absolute atomic E-state index is 12.6. The largest absolute Gasteiger partial charge is 0.459 e. The van der Waals surface area contributed by atoms with Gasteiger partial charge in [-0.05, 0) is 29.8 Å². The average Bonchev–Trinajstić information content (AvgIpc) is 2.66. The molecule has 30 heavy (non-hydrogen) atoms. The first kappa shape index (κ1) is 23.0. The Morgan fingerprint density at radius 1 is 1.17 bits per heavy atom. The number of halogens is 3. The van der Waals surface area contributed by atoms with Crippen LogP contribution in [0, 0.1) is 0 Å². The van der Waals surface area contributed by atoms with E-state index in [0.717, 1.165) is 18.3 Å². The minimum absolute atomic E-state index is 0.00133. The third-order valence-electron chi connectivity index (χ3n) is 3.77. The summed E-state index contributed by atoms with van der Waals surface area (Å²) in [6.45, 7) is 1.06. The first-order valence-electron chi connectivity index (χ1n) is 8.20. The number of nitrogens with zero attached hydrogens (tertiary/aromatic N) is 1. The van der Waals surface area contributed by atoms with E-state index in [1.165, 1.54) is 19.1 Å². The molecule has 160 valence electrons. The number of pyridine rings is 1. The fraction of sp³-hybridized carbons (Fsp3) is 0.222. The number of carbonyl (C=O) groups is 3. The Labute approximate surface area is 169 Å². The van der Waals surface area contributed by atoms with Crippen molar-refractivity contribution in [3.8, 4) is 0 Å². The summed E-state index contributed by atoms with van der Waals surface area (Å²) in [6.07, 6.45) is -3.59. The number of alkyl halides is 3. The number of hydrogen-bond acceptors (Lipinski definition) is 7. The number of carbonyl (C=O) groups excluding carboxylic acids is 3. The van der Waals surface area contributed by atoms with Crippen molar-refractivity contribution in [1.82, 2.24) is 9.71 Å². The van der Waals surface area contributed by atoms with Crippen LogP contribution in [0.2, 0.25) is 0 Å². The SMILES string of the molecule is CC(=O)OCc1ccc(C(=O)NS(=O)(=O)C(C=O)c2ccc(C(F)(F)F)cc2)cn1. The molecule has 0 spiro atoms. The van der Waals surface area contributed by atoms with E-state index in [9.17, 15) is 36.0 Å². The van der Waals surface area contributed by atoms with E-state index in [-0.39, 0.29) is 24.0 Å². The Morgan fingerprint density at radius 3 is 2.27 bits per heavy atom. The van der Waals surface area contributed by atoms with E-state index in [1.807, 2.05) is 0 Å². The fourth-order valence-corrected chi connectivity index (χ4v) is 3.43. The molecule has 0 fully saturated rings. The van der Waals surface area contributed by atoms with E-state index in [0.29, 0.717) is 17.8 Å². The molecule has 1 aromatic heterocycles. The van der Waals surface area contributed by atoms with Gasteiger partial charge in [-0.2, -0.15) is 13.2 Å². The molecular weight excluding hydrogens is 429 g/mol. The van der Waals surface area contributed by atoms with Crippen LogP contribution in [-0.4, -0.2) is 31.6 Å². The Balaban J connectivity index is 2.16. The summed E-state index contributed by atoms with van der Waals surface area (Å²) >= 11 is 0. The maximum atomic E-state index is 12.6. The Hall–Kier alpha value is -3.28. The first-order valence-corrected chi connectivity index (χ1v) is 9.75. The second-order valence-corrected chi connectivity index (χ2v) is 7.77. The van der Waals surface area contributed by atoms with Crippen LogP contribution in [-0.2, 0) is 37.1 Å². The van der Waals surface area contributed by atoms with Gasteiger partial charge in [0.25, 0.3) is 5.91 Å². The highest BCUT2D eigenvalue weighted by molar-refractivity contribution is 7.91. The number of hydrogen-bond donors (Lipinski definition) is 1. The van der Waals surface area contributed by atoms with Gasteiger partial charge >= 0.3 is 12.1 Å². The van der Waals surface area contributed by atoms with Gasteiger partial charge in [0.05, 0.1) is 16.8 Å². The van der Waals surface area contributed by atoms with Crippen LogP contribution in [0.5, 0.6) is 0 Å². The van der Waals surface area contributed by atoms with E-state index < -0.39 is 38.9 Å². The van der Waals surface area contributed by atoms with E-state index in [1.54, 1.807) is 4.72 Å². The van der Waals surface area contributed by atoms with Crippen molar-refractivity contribution in [1.29, 1.82) is 0 Å². The van der Waals surface area contributed by atoms with Gasteiger partial charge in [0.15, 0.2) is 5.25 Å². The number of aldehydes is 1. The highest BCUT2D eigenvalue weighted by Gasteiger charge is 2.33. The molecule has 0 saturated heterocycles. The maximum Gasteiger partial charge on any atom is 0.416 e. The summed E-state index contributed by atoms with van der Waals surface area (Å²) in [5.74, 6) is -1.63. The van der Waals surface area contributed by atoms with Crippen molar-refractivity contribution in [2.75, 3.05) is 0 Å². The predicted molar refractivity (Wildman–Crippen MR) is 96.3 cm³/mol. The summed E-state index contributed by atoms with van der Waals surface area (Å²) < 4.78 is 69.1. The van der Waals surface area contributed by atoms with Gasteiger partial charge in [-0.1, -0.05) is 12.1 Å². The number of ether oxygens (including phenoxy) is 1. The molecule has 1 heterocycles. The van der Waals surface area contributed by atoms with E-state index >= 15 is 0 Å². The standard InChI is InChI=1S/C18H15F3N2O6S/c1-11(25)29-10-15-7-4-13(8-22-15)17(26)23-30(27,28)16(9-24)12-2-5-14(6-3-12)18(19,20)21/h2-9,16H,10H2,1H3,(H,23,26). The third-order valence-corrected chi connectivity index (χ3v) is 5.29. The van der Waals surface area contributed by atoms with Gasteiger partial charge in [0, 0.05) is 13.1 Å². The van der Waals surface area contributed by atoms with Crippen LogP contribution in [0.1, 0.15) is 39.4 Å². The lowest BCUT2D eigenvalue weighted by Crippen LogP contribution is -2.35. The van der Waals surface area contributed by atoms with Gasteiger partial charge < -0.3 is 9.53 Å². The normalized spacial score (nSPS) is 12.7. The van der Waals surface area contributed by atoms with Gasteiger partial charge in [-0.15, -0.1) is 0 Å². The lowest BCUT2D eigenvalue weighted by molar-refractivity contribution is -0.142. The third kappa shape index (κ3) is 5.86. The summed E-state index contributed by atoms with van der Waals surface area (Å²) in [7, 11) is -4.60. The van der Waals surface area contributed by atoms with E-state index in [4.69, 9.17) is 4.74 Å². The number of aromatic nitrogens is 1. The van der Waals surface area contributed by atoms with Gasteiger partial charge in [-0.3, -0.25) is 14.6 Å². The molecular formula is C18H15F3N2O6S. The van der Waals surface area contributed by atoms with Crippen LogP contribution in [0.4, 0.5) is 13.2 Å². The zero-order valence-electron chi connectivity index (χ0n) is 15.3. The summed E-state index contributed by atoms with van der Waals surface area (Å²) in [4.78, 5) is 38.1. The predicted octanol–water partition coefficient (Wildman–Crippen LogP) is 2.16. The summed E-state index contributed by atoms with van der Waals surface area (Å²) in [5.41, 5.74) is -1.12. The highest BCUT2D eigenvalue weighted by atomic mass is 32.2. The quantitative estimate of drug-likeness (QED) is 0.513. The van der Waals surface area contributed by atoms with Crippen molar-refractivity contribution in [3.05, 3.63) is 65.0 Å². The second-order valence-electron chi connectivity index (χ2n) is 5.97. The topological polar surface area (TPSA) is 119 Å². The van der Waals surface area contributed by atoms with Crippen molar-refractivity contribution in [2.24, 2.45) is 0 Å². The molecule has 0 aliphatic carbocycles. The minimum atomic E-state index is -4.63. The van der Waals surface area contributed by atoms with Crippen LogP contribution in [0.15, 0.2) is 42.6 Å². The first-order chi connectivity index (χ1) is 13.9. The monoisotopic (exact) mass is 444 g/mol. The van der Waals surface area contributed by atoms with Crippen molar-refractivity contribution in [2.45, 2.75) is 25.0 Å². The average molecular weight is 444 g/mol. The summed E-state index contributed by atoms with van der Waals surface area (Å²) in [5, 5.41) is -1.90. The zero-order chi connectivity index (χ0) is 22.5. The van der Waals surface area contributed by atoms with Crippen molar-refractivity contribution in [3.63, 3.8) is 0 Å². The minimum Gasteiger partial charge on any atom is -0.459 e. The van der Waals surface area contributed by atoms with Crippen LogP contribution >= 0.6 is 0 Å². The molecule has 2 rings (SSSR count). The lowest BCUT2D eigenvalue weighted by atomic mass is 10.1. The number of esters is 1. The number of nitrogens with one attached hydrogen (secondary N) is 1. The van der Waals surface area contributed by atoms with Crippen molar-refractivity contribution < 1.29 is 40.7 Å². The number of amides is 1. The second kappa shape index (κ2) is 9.03. The van der Waals surface area contributed by atoms with E-state index in [2.05, 4.69) is 4.98 Å². The molecule has 0 radical (unpaired) electrons. The fourth-order valence-electron chi connectivity index (χ4n) is 2.26. The molecule has 2 aromatic rings. The molecule has 1 aromatic carbocycles. The van der Waals surface area contributed by atoms with Gasteiger partial charge in [0.1, 0.15) is 12.9 Å². The van der Waals surface area contributed by atoms with Crippen LogP contribution < -0.4 is 4.72 Å². The molecule has 8 nitrogen and oxygen atoms in total. The lowest BCUT2D eigenvalue weighted by Gasteiger charge is -2.14. The molecule has 1 amide bonds. The van der Waals surface area contributed by atoms with Crippen LogP contribution in [0.3, 0.4) is 0 Å². The zero-order valence-corrected chi connectivity index (χ0v) is 16.2. The highest BCUT2D eigenvalue weighted by Crippen LogP contribution is 2.30. The van der Waals surface area contributed by atoms with Gasteiger partial charge in [-0.25, -0.2) is 13.1 Å². The van der Waals surface area contributed by atoms with Crippen LogP contribution in [0.25, 0.3) is 0 Å². The smallest absolute Gasteiger partial charge is 0.416 e. The Kier molecular flexibility index (Phi) is 6.92. The number of benzene rings is 1. The molecule has 12 heteroatoms. The molecule has 0 bridgehead atoms. The molecule has 0 aliphatic heterocycles. The molecule has 0 aliphatic rings. The molecule has 0 saturated carbocycles. The van der Waals surface area contributed by atoms with Crippen molar-refractivity contribution >= 4 is 28.2 Å². The number of sulfonamides is 1. The Bertz CT molecular complexity index is 1040.